The number of amidine groups is 1. The predicted molar refractivity (Wildman–Crippen MR) is 126 cm³/mol. The molecular formula is C20H27N3O5S3. The number of amides is 2. The van der Waals surface area contributed by atoms with Gasteiger partial charge in [-0.25, -0.2) is 13.2 Å². The molecule has 1 heterocycles. The number of thioether (sulfide) groups is 2. The zero-order chi connectivity index (χ0) is 22.4. The van der Waals surface area contributed by atoms with Gasteiger partial charge in [-0.05, 0) is 43.0 Å². The molecule has 1 aromatic rings. The van der Waals surface area contributed by atoms with Gasteiger partial charge in [-0.2, -0.15) is 0 Å². The molecule has 3 rings (SSSR count). The van der Waals surface area contributed by atoms with E-state index in [9.17, 15) is 18.0 Å². The molecule has 2 N–H and O–H groups in total. The van der Waals surface area contributed by atoms with Crippen LogP contribution in [0.2, 0.25) is 0 Å². The number of hydrogen-bond acceptors (Lipinski definition) is 7. The second-order valence-corrected chi connectivity index (χ2v) is 12.5. The van der Waals surface area contributed by atoms with Crippen LogP contribution in [0.15, 0.2) is 34.2 Å². The molecule has 1 saturated carbocycles. The molecule has 8 nitrogen and oxygen atoms in total. The summed E-state index contributed by atoms with van der Waals surface area (Å²) in [6.45, 7) is 1.09. The van der Waals surface area contributed by atoms with Crippen molar-refractivity contribution >= 4 is 56.2 Å². The van der Waals surface area contributed by atoms with Crippen molar-refractivity contribution in [3.8, 4) is 0 Å². The SMILES string of the molecule is CS(=O)(=O)c1ccc(N(CC2CCCC2)C(=O)NC2=NCC(SCCC(=O)O)S2)cc1. The van der Waals surface area contributed by atoms with Crippen molar-refractivity contribution < 1.29 is 23.1 Å². The van der Waals surface area contributed by atoms with E-state index >= 15 is 0 Å². The van der Waals surface area contributed by atoms with Crippen molar-refractivity contribution in [3.63, 3.8) is 0 Å². The van der Waals surface area contributed by atoms with Crippen molar-refractivity contribution in [2.24, 2.45) is 10.9 Å². The number of carbonyl (C=O) groups is 2. The van der Waals surface area contributed by atoms with E-state index in [4.69, 9.17) is 5.11 Å². The van der Waals surface area contributed by atoms with Gasteiger partial charge in [0.15, 0.2) is 15.0 Å². The van der Waals surface area contributed by atoms with Gasteiger partial charge in [-0.1, -0.05) is 24.6 Å². The third kappa shape index (κ3) is 7.15. The van der Waals surface area contributed by atoms with Crippen molar-refractivity contribution in [2.75, 3.05) is 30.0 Å². The fourth-order valence-electron chi connectivity index (χ4n) is 3.58. The Hall–Kier alpha value is -1.72. The van der Waals surface area contributed by atoms with Crippen molar-refractivity contribution in [1.82, 2.24) is 5.32 Å². The Morgan fingerprint density at radius 3 is 2.55 bits per heavy atom. The number of anilines is 1. The third-order valence-electron chi connectivity index (χ3n) is 5.20. The number of sulfone groups is 1. The molecule has 0 radical (unpaired) electrons. The maximum absolute atomic E-state index is 13.1. The molecule has 170 valence electrons. The summed E-state index contributed by atoms with van der Waals surface area (Å²) in [7, 11) is -3.31. The average molecular weight is 486 g/mol. The molecule has 0 bridgehead atoms. The lowest BCUT2D eigenvalue weighted by atomic mass is 10.1. The molecule has 31 heavy (non-hydrogen) atoms. The number of urea groups is 1. The number of rotatable bonds is 8. The summed E-state index contributed by atoms with van der Waals surface area (Å²) < 4.78 is 23.6. The first-order valence-electron chi connectivity index (χ1n) is 10.2. The van der Waals surface area contributed by atoms with E-state index in [1.165, 1.54) is 35.7 Å². The minimum atomic E-state index is -3.31. The number of nitrogens with zero attached hydrogens (tertiary/aromatic N) is 2. The lowest BCUT2D eigenvalue weighted by Crippen LogP contribution is -2.44. The van der Waals surface area contributed by atoms with Crippen LogP contribution in [0.4, 0.5) is 10.5 Å². The number of aliphatic imine (C=N–C) groups is 1. The van der Waals surface area contributed by atoms with Crippen LogP contribution in [0.25, 0.3) is 0 Å². The minimum Gasteiger partial charge on any atom is -0.481 e. The Labute approximate surface area is 191 Å². The first-order chi connectivity index (χ1) is 14.7. The van der Waals surface area contributed by atoms with Crippen LogP contribution in [0.1, 0.15) is 32.1 Å². The fourth-order valence-corrected chi connectivity index (χ4v) is 6.47. The van der Waals surface area contributed by atoms with E-state index < -0.39 is 15.8 Å². The molecule has 1 unspecified atom stereocenters. The zero-order valence-electron chi connectivity index (χ0n) is 17.3. The molecule has 0 spiro atoms. The predicted octanol–water partition coefficient (Wildman–Crippen LogP) is 3.43. The molecule has 1 atom stereocenters. The van der Waals surface area contributed by atoms with Crippen LogP contribution >= 0.6 is 23.5 Å². The third-order valence-corrected chi connectivity index (χ3v) is 8.85. The van der Waals surface area contributed by atoms with E-state index in [1.807, 2.05) is 0 Å². The molecule has 1 fully saturated rings. The van der Waals surface area contributed by atoms with Gasteiger partial charge in [0.1, 0.15) is 0 Å². The van der Waals surface area contributed by atoms with Gasteiger partial charge in [0.25, 0.3) is 0 Å². The Morgan fingerprint density at radius 2 is 1.94 bits per heavy atom. The Morgan fingerprint density at radius 1 is 1.26 bits per heavy atom. The van der Waals surface area contributed by atoms with Crippen LogP contribution < -0.4 is 10.2 Å². The monoisotopic (exact) mass is 485 g/mol. The van der Waals surface area contributed by atoms with E-state index in [2.05, 4.69) is 10.3 Å². The summed E-state index contributed by atoms with van der Waals surface area (Å²) >= 11 is 2.96. The van der Waals surface area contributed by atoms with Crippen LogP contribution in [0, 0.1) is 5.92 Å². The Kier molecular flexibility index (Phi) is 8.29. The van der Waals surface area contributed by atoms with Gasteiger partial charge in [-0.3, -0.25) is 20.0 Å². The molecule has 0 aromatic heterocycles. The highest BCUT2D eigenvalue weighted by molar-refractivity contribution is 8.25. The maximum atomic E-state index is 13.1. The summed E-state index contributed by atoms with van der Waals surface area (Å²) in [5.74, 6) is 0.0942. The number of carboxylic acid groups (broad SMARTS) is 1. The van der Waals surface area contributed by atoms with Crippen molar-refractivity contribution in [3.05, 3.63) is 24.3 Å². The summed E-state index contributed by atoms with van der Waals surface area (Å²) in [5, 5.41) is 12.2. The first kappa shape index (κ1) is 23.9. The summed E-state index contributed by atoms with van der Waals surface area (Å²) in [5.41, 5.74) is 0.646. The zero-order valence-corrected chi connectivity index (χ0v) is 19.8. The standard InChI is InChI=1S/C20H27N3O5S3/c1-31(27,28)16-8-6-15(7-9-16)23(13-14-4-2-3-5-14)20(26)22-19-21-12-18(30-19)29-11-10-17(24)25/h6-9,14,18H,2-5,10-13H2,1H3,(H,24,25)(H,21,22,26). The molecule has 2 aliphatic rings. The average Bonchev–Trinajstić information content (AvgIpc) is 3.37. The number of carboxylic acids is 1. The minimum absolute atomic E-state index is 0.0898. The second kappa shape index (κ2) is 10.7. The van der Waals surface area contributed by atoms with Crippen LogP contribution in [-0.4, -0.2) is 60.4 Å². The highest BCUT2D eigenvalue weighted by Crippen LogP contribution is 2.31. The van der Waals surface area contributed by atoms with E-state index in [1.54, 1.807) is 17.0 Å². The topological polar surface area (TPSA) is 116 Å². The summed E-state index contributed by atoms with van der Waals surface area (Å²) in [6.07, 6.45) is 5.72. The fraction of sp³-hybridized carbons (Fsp3) is 0.550. The van der Waals surface area contributed by atoms with Gasteiger partial charge in [-0.15, -0.1) is 11.8 Å². The van der Waals surface area contributed by atoms with Crippen LogP contribution in [0.5, 0.6) is 0 Å². The Bertz CT molecular complexity index is 928. The smallest absolute Gasteiger partial charge is 0.327 e. The van der Waals surface area contributed by atoms with Crippen LogP contribution in [0.3, 0.4) is 0 Å². The molecule has 1 aromatic carbocycles. The molecule has 2 amide bonds. The first-order valence-corrected chi connectivity index (χ1v) is 14.0. The van der Waals surface area contributed by atoms with Crippen molar-refractivity contribution in [1.29, 1.82) is 0 Å². The number of aliphatic carboxylic acids is 1. The lowest BCUT2D eigenvalue weighted by molar-refractivity contribution is -0.136. The quantitative estimate of drug-likeness (QED) is 0.579. The Balaban J connectivity index is 1.65. The van der Waals surface area contributed by atoms with Crippen molar-refractivity contribution in [2.45, 2.75) is 41.6 Å². The van der Waals surface area contributed by atoms with Gasteiger partial charge in [0.2, 0.25) is 0 Å². The van der Waals surface area contributed by atoms with E-state index in [-0.39, 0.29) is 21.9 Å². The summed E-state index contributed by atoms with van der Waals surface area (Å²) in [6, 6.07) is 6.09. The highest BCUT2D eigenvalue weighted by atomic mass is 32.2. The largest absolute Gasteiger partial charge is 0.481 e. The van der Waals surface area contributed by atoms with E-state index in [0.29, 0.717) is 35.6 Å². The van der Waals surface area contributed by atoms with E-state index in [0.717, 1.165) is 31.9 Å². The van der Waals surface area contributed by atoms with Gasteiger partial charge in [0.05, 0.1) is 22.4 Å². The van der Waals surface area contributed by atoms with Gasteiger partial charge < -0.3 is 5.11 Å². The van der Waals surface area contributed by atoms with Gasteiger partial charge >= 0.3 is 12.0 Å². The molecule has 1 aliphatic carbocycles. The molecule has 11 heteroatoms. The number of carbonyl (C=O) groups excluding carboxylic acids is 1. The number of nitrogens with one attached hydrogen (secondary N) is 1. The number of benzene rings is 1. The molecule has 1 aliphatic heterocycles. The lowest BCUT2D eigenvalue weighted by Gasteiger charge is -2.26. The highest BCUT2D eigenvalue weighted by Gasteiger charge is 2.27. The maximum Gasteiger partial charge on any atom is 0.327 e. The number of hydrogen-bond donors (Lipinski definition) is 2. The molecular weight excluding hydrogens is 458 g/mol. The van der Waals surface area contributed by atoms with Crippen LogP contribution in [-0.2, 0) is 14.6 Å². The van der Waals surface area contributed by atoms with Gasteiger partial charge in [0, 0.05) is 24.2 Å². The summed E-state index contributed by atoms with van der Waals surface area (Å²) in [4.78, 5) is 30.0. The second-order valence-electron chi connectivity index (χ2n) is 7.67. The molecule has 0 saturated heterocycles. The normalized spacial score (nSPS) is 19.3.